The summed E-state index contributed by atoms with van der Waals surface area (Å²) in [6, 6.07) is 16.1. The molecule has 0 atom stereocenters. The van der Waals surface area contributed by atoms with Gasteiger partial charge in [-0.05, 0) is 35.4 Å². The van der Waals surface area contributed by atoms with E-state index in [1.54, 1.807) is 41.2 Å². The van der Waals surface area contributed by atoms with Crippen molar-refractivity contribution in [3.63, 3.8) is 0 Å². The molecule has 1 aromatic heterocycles. The van der Waals surface area contributed by atoms with Crippen LogP contribution in [0.5, 0.6) is 0 Å². The maximum Gasteiger partial charge on any atom is 0.256 e. The van der Waals surface area contributed by atoms with Crippen molar-refractivity contribution in [3.8, 4) is 0 Å². The van der Waals surface area contributed by atoms with Gasteiger partial charge in [-0.2, -0.15) is 5.10 Å². The van der Waals surface area contributed by atoms with E-state index in [4.69, 9.17) is 0 Å². The molecule has 0 radical (unpaired) electrons. The highest BCUT2D eigenvalue weighted by Gasteiger charge is 2.11. The average molecular weight is 448 g/mol. The third-order valence-corrected chi connectivity index (χ3v) is 5.24. The normalized spacial score (nSPS) is 11.3. The quantitative estimate of drug-likeness (QED) is 0.626. The number of anilines is 1. The summed E-state index contributed by atoms with van der Waals surface area (Å²) in [6.45, 7) is 0.531. The van der Waals surface area contributed by atoms with Crippen LogP contribution in [0, 0.1) is 0 Å². The molecule has 0 unspecified atom stereocenters. The first kappa shape index (κ1) is 19.3. The highest BCUT2D eigenvalue weighted by atomic mass is 79.9. The zero-order valence-corrected chi connectivity index (χ0v) is 17.0. The van der Waals surface area contributed by atoms with Crippen LogP contribution in [0.25, 0.3) is 0 Å². The van der Waals surface area contributed by atoms with Gasteiger partial charge in [-0.25, -0.2) is 13.1 Å². The van der Waals surface area contributed by atoms with Crippen LogP contribution in [0.3, 0.4) is 0 Å². The van der Waals surface area contributed by atoms with Crippen molar-refractivity contribution in [2.24, 2.45) is 0 Å². The fourth-order valence-electron chi connectivity index (χ4n) is 2.57. The highest BCUT2D eigenvalue weighted by Crippen LogP contribution is 2.15. The van der Waals surface area contributed by atoms with Crippen molar-refractivity contribution in [1.29, 1.82) is 0 Å². The molecule has 0 aliphatic carbocycles. The Morgan fingerprint density at radius 3 is 2.30 bits per heavy atom. The van der Waals surface area contributed by atoms with Gasteiger partial charge in [0, 0.05) is 22.4 Å². The molecule has 1 amide bonds. The lowest BCUT2D eigenvalue weighted by Crippen LogP contribution is -2.16. The molecule has 140 valence electrons. The Morgan fingerprint density at radius 1 is 1.04 bits per heavy atom. The minimum Gasteiger partial charge on any atom is -0.307 e. The van der Waals surface area contributed by atoms with Crippen molar-refractivity contribution in [2.75, 3.05) is 11.6 Å². The Labute approximate surface area is 166 Å². The smallest absolute Gasteiger partial charge is 0.256 e. The number of carbonyl (C=O) groups excluding carboxylic acids is 1. The minimum absolute atomic E-state index is 0.0468. The molecular formula is C19H18BrN3O3S. The van der Waals surface area contributed by atoms with Gasteiger partial charge in [0.25, 0.3) is 5.91 Å². The van der Waals surface area contributed by atoms with Crippen molar-refractivity contribution in [3.05, 3.63) is 82.0 Å². The summed E-state index contributed by atoms with van der Waals surface area (Å²) in [5.74, 6) is 0.260. The van der Waals surface area contributed by atoms with Gasteiger partial charge in [0.05, 0.1) is 18.5 Å². The molecule has 0 bridgehead atoms. The van der Waals surface area contributed by atoms with Crippen LogP contribution in [-0.2, 0) is 22.1 Å². The van der Waals surface area contributed by atoms with Gasteiger partial charge >= 0.3 is 0 Å². The molecule has 3 rings (SSSR count). The van der Waals surface area contributed by atoms with E-state index < -0.39 is 9.84 Å². The Morgan fingerprint density at radius 2 is 1.67 bits per heavy atom. The van der Waals surface area contributed by atoms with E-state index in [9.17, 15) is 13.2 Å². The van der Waals surface area contributed by atoms with Gasteiger partial charge < -0.3 is 5.32 Å². The fraction of sp³-hybridized carbons (Fsp3) is 0.158. The molecule has 8 heteroatoms. The van der Waals surface area contributed by atoms with Crippen LogP contribution < -0.4 is 5.32 Å². The second-order valence-corrected chi connectivity index (χ2v) is 9.28. The predicted octanol–water partition coefficient (Wildman–Crippen LogP) is 3.49. The van der Waals surface area contributed by atoms with Crippen molar-refractivity contribution in [1.82, 2.24) is 9.78 Å². The number of nitrogens with one attached hydrogen (secondary N) is 1. The minimum atomic E-state index is -3.10. The SMILES string of the molecule is CS(=O)(=O)Cc1ccc(C(=O)Nc2ccnn2Cc2ccc(Br)cc2)cc1. The predicted molar refractivity (Wildman–Crippen MR) is 108 cm³/mol. The third kappa shape index (κ3) is 5.51. The van der Waals surface area contributed by atoms with E-state index in [-0.39, 0.29) is 11.7 Å². The van der Waals surface area contributed by atoms with E-state index in [0.717, 1.165) is 10.0 Å². The fourth-order valence-corrected chi connectivity index (χ4v) is 3.63. The lowest BCUT2D eigenvalue weighted by molar-refractivity contribution is 0.102. The summed E-state index contributed by atoms with van der Waals surface area (Å²) in [5.41, 5.74) is 2.15. The third-order valence-electron chi connectivity index (χ3n) is 3.85. The number of rotatable bonds is 6. The molecule has 0 saturated heterocycles. The topological polar surface area (TPSA) is 81.1 Å². The molecule has 0 fully saturated rings. The van der Waals surface area contributed by atoms with Gasteiger partial charge in [0.15, 0.2) is 9.84 Å². The first-order chi connectivity index (χ1) is 12.8. The lowest BCUT2D eigenvalue weighted by Gasteiger charge is -2.10. The number of nitrogens with zero attached hydrogens (tertiary/aromatic N) is 2. The van der Waals surface area contributed by atoms with E-state index in [1.165, 1.54) is 6.26 Å². The molecule has 3 aromatic rings. The summed E-state index contributed by atoms with van der Waals surface area (Å²) < 4.78 is 25.4. The highest BCUT2D eigenvalue weighted by molar-refractivity contribution is 9.10. The number of amides is 1. The average Bonchev–Trinajstić information content (AvgIpc) is 3.03. The van der Waals surface area contributed by atoms with Gasteiger partial charge in [-0.15, -0.1) is 0 Å². The number of carbonyl (C=O) groups is 1. The molecular weight excluding hydrogens is 430 g/mol. The first-order valence-electron chi connectivity index (χ1n) is 8.14. The maximum atomic E-state index is 12.5. The van der Waals surface area contributed by atoms with Crippen LogP contribution in [-0.4, -0.2) is 30.4 Å². The monoisotopic (exact) mass is 447 g/mol. The van der Waals surface area contributed by atoms with Gasteiger partial charge in [0.1, 0.15) is 5.82 Å². The summed E-state index contributed by atoms with van der Waals surface area (Å²) in [6.07, 6.45) is 2.81. The Kier molecular flexibility index (Phi) is 5.76. The van der Waals surface area contributed by atoms with Crippen molar-refractivity contribution in [2.45, 2.75) is 12.3 Å². The van der Waals surface area contributed by atoms with Gasteiger partial charge in [-0.3, -0.25) is 4.79 Å². The van der Waals surface area contributed by atoms with E-state index in [2.05, 4.69) is 26.3 Å². The molecule has 1 heterocycles. The van der Waals surface area contributed by atoms with Crippen LogP contribution in [0.4, 0.5) is 5.82 Å². The molecule has 0 aliphatic rings. The number of hydrogen-bond acceptors (Lipinski definition) is 4. The Balaban J connectivity index is 1.69. The molecule has 0 saturated carbocycles. The van der Waals surface area contributed by atoms with Gasteiger partial charge in [-0.1, -0.05) is 40.2 Å². The van der Waals surface area contributed by atoms with E-state index in [1.807, 2.05) is 24.3 Å². The molecule has 0 aliphatic heterocycles. The summed E-state index contributed by atoms with van der Waals surface area (Å²) in [7, 11) is -3.10. The number of aromatic nitrogens is 2. The largest absolute Gasteiger partial charge is 0.307 e. The van der Waals surface area contributed by atoms with Crippen molar-refractivity contribution < 1.29 is 13.2 Å². The van der Waals surface area contributed by atoms with E-state index >= 15 is 0 Å². The molecule has 27 heavy (non-hydrogen) atoms. The maximum absolute atomic E-state index is 12.5. The first-order valence-corrected chi connectivity index (χ1v) is 11.0. The Bertz CT molecular complexity index is 1040. The summed E-state index contributed by atoms with van der Waals surface area (Å²) in [4.78, 5) is 12.5. The number of benzene rings is 2. The Hall–Kier alpha value is -2.45. The van der Waals surface area contributed by atoms with Crippen molar-refractivity contribution >= 4 is 37.5 Å². The lowest BCUT2D eigenvalue weighted by atomic mass is 10.1. The summed E-state index contributed by atoms with van der Waals surface area (Å²) in [5, 5.41) is 7.10. The molecule has 0 spiro atoms. The molecule has 1 N–H and O–H groups in total. The second-order valence-electron chi connectivity index (χ2n) is 6.22. The van der Waals surface area contributed by atoms with E-state index in [0.29, 0.717) is 23.5 Å². The number of sulfone groups is 1. The van der Waals surface area contributed by atoms with Gasteiger partial charge in [0.2, 0.25) is 0 Å². The zero-order chi connectivity index (χ0) is 19.4. The number of halogens is 1. The second kappa shape index (κ2) is 8.06. The zero-order valence-electron chi connectivity index (χ0n) is 14.6. The summed E-state index contributed by atoms with van der Waals surface area (Å²) >= 11 is 3.40. The standard InChI is InChI=1S/C19H18BrN3O3S/c1-27(25,26)13-15-2-6-16(7-3-15)19(24)22-18-10-11-21-23(18)12-14-4-8-17(20)9-5-14/h2-11H,12-13H2,1H3,(H,22,24). The number of hydrogen-bond donors (Lipinski definition) is 1. The van der Waals surface area contributed by atoms with Crippen LogP contribution in [0.1, 0.15) is 21.5 Å². The van der Waals surface area contributed by atoms with Crippen LogP contribution >= 0.6 is 15.9 Å². The van der Waals surface area contributed by atoms with Crippen LogP contribution in [0.15, 0.2) is 65.3 Å². The molecule has 6 nitrogen and oxygen atoms in total. The molecule has 2 aromatic carbocycles. The van der Waals surface area contributed by atoms with Crippen LogP contribution in [0.2, 0.25) is 0 Å².